The lowest BCUT2D eigenvalue weighted by Gasteiger charge is -2.23. The third kappa shape index (κ3) is 1.84. The summed E-state index contributed by atoms with van der Waals surface area (Å²) in [5.41, 5.74) is 3.83. The van der Waals surface area contributed by atoms with E-state index in [0.29, 0.717) is 0 Å². The normalized spacial score (nSPS) is 31.5. The van der Waals surface area contributed by atoms with Gasteiger partial charge in [0, 0.05) is 0 Å². The monoisotopic (exact) mass is 309 g/mol. The van der Waals surface area contributed by atoms with E-state index >= 15 is 0 Å². The van der Waals surface area contributed by atoms with Gasteiger partial charge in [-0.1, -0.05) is 5.92 Å². The number of rotatable bonds is 2. The van der Waals surface area contributed by atoms with E-state index in [1.807, 2.05) is 0 Å². The van der Waals surface area contributed by atoms with Crippen LogP contribution in [-0.4, -0.2) is 59.3 Å². The Morgan fingerprint density at radius 3 is 2.82 bits per heavy atom. The number of nitrogens with zero attached hydrogens (tertiary/aromatic N) is 4. The number of fused-ring (bicyclic) bond motifs is 1. The molecule has 116 valence electrons. The smallest absolute Gasteiger partial charge is 0.312 e. The number of aliphatic hydroxyl groups excluding tert-OH is 3. The Balaban J connectivity index is 2.11. The first-order valence-electron chi connectivity index (χ1n) is 6.21. The molecule has 1 saturated heterocycles. The Labute approximate surface area is 123 Å². The molecule has 3 rings (SSSR count). The van der Waals surface area contributed by atoms with Crippen molar-refractivity contribution >= 4 is 17.0 Å². The molecule has 0 bridgehead atoms. The summed E-state index contributed by atoms with van der Waals surface area (Å²) in [6.45, 7) is -0.712. The molecule has 0 aromatic carbocycles. The van der Waals surface area contributed by atoms with Crippen molar-refractivity contribution < 1.29 is 24.4 Å². The highest BCUT2D eigenvalue weighted by molar-refractivity contribution is 5.81. The van der Waals surface area contributed by atoms with Gasteiger partial charge >= 0.3 is 6.08 Å². The van der Waals surface area contributed by atoms with Gasteiger partial charge in [0.05, 0.1) is 12.9 Å². The van der Waals surface area contributed by atoms with Crippen LogP contribution in [0.2, 0.25) is 0 Å². The van der Waals surface area contributed by atoms with Gasteiger partial charge in [0.1, 0.15) is 12.2 Å². The second-order valence-electron chi connectivity index (χ2n) is 4.84. The number of hydrogen-bond donors (Lipinski definition) is 4. The third-order valence-electron chi connectivity index (χ3n) is 3.60. The fraction of sp³-hybridized carbons (Fsp3) is 0.417. The molecule has 0 aliphatic carbocycles. The molecule has 2 aromatic rings. The van der Waals surface area contributed by atoms with Crippen molar-refractivity contribution in [3.63, 3.8) is 0 Å². The lowest BCUT2D eigenvalue weighted by molar-refractivity contribution is -0.0911. The maximum atomic E-state index is 13.3. The summed E-state index contributed by atoms with van der Waals surface area (Å²) in [5.74, 6) is 1.94. The summed E-state index contributed by atoms with van der Waals surface area (Å²) in [6, 6.07) is 0. The van der Waals surface area contributed by atoms with Crippen molar-refractivity contribution in [2.45, 2.75) is 24.0 Å². The molecule has 5 N–H and O–H groups in total. The average Bonchev–Trinajstić information content (AvgIpc) is 3.01. The van der Waals surface area contributed by atoms with E-state index in [-0.39, 0.29) is 17.0 Å². The first-order chi connectivity index (χ1) is 10.4. The van der Waals surface area contributed by atoms with E-state index in [1.165, 1.54) is 10.9 Å². The number of halogens is 1. The molecule has 0 amide bonds. The molecule has 2 aromatic heterocycles. The van der Waals surface area contributed by atoms with Gasteiger partial charge in [-0.3, -0.25) is 4.57 Å². The highest BCUT2D eigenvalue weighted by Crippen LogP contribution is 2.38. The van der Waals surface area contributed by atoms with Crippen LogP contribution in [0.3, 0.4) is 0 Å². The van der Waals surface area contributed by atoms with Crippen molar-refractivity contribution in [3.05, 3.63) is 12.4 Å². The number of terminal acetylenes is 1. The summed E-state index contributed by atoms with van der Waals surface area (Å²) >= 11 is 0. The lowest BCUT2D eigenvalue weighted by Crippen LogP contribution is -2.44. The van der Waals surface area contributed by atoms with Crippen LogP contribution in [0.25, 0.3) is 11.2 Å². The third-order valence-corrected chi connectivity index (χ3v) is 3.60. The molecule has 1 aliphatic heterocycles. The molecule has 0 radical (unpaired) electrons. The van der Waals surface area contributed by atoms with Gasteiger partial charge in [-0.25, -0.2) is 4.98 Å². The van der Waals surface area contributed by atoms with E-state index in [4.69, 9.17) is 16.9 Å². The second kappa shape index (κ2) is 4.85. The van der Waals surface area contributed by atoms with Gasteiger partial charge < -0.3 is 25.8 Å². The Bertz CT molecular complexity index is 775. The van der Waals surface area contributed by atoms with Crippen LogP contribution >= 0.6 is 0 Å². The number of nitrogen functional groups attached to an aromatic ring is 1. The minimum atomic E-state index is -1.78. The molecule has 1 aliphatic rings. The van der Waals surface area contributed by atoms with Gasteiger partial charge in [0.2, 0.25) is 0 Å². The molecular formula is C12H12FN5O4. The van der Waals surface area contributed by atoms with Crippen molar-refractivity contribution in [1.29, 1.82) is 0 Å². The number of ether oxygens (including phenoxy) is 1. The van der Waals surface area contributed by atoms with Crippen molar-refractivity contribution in [2.75, 3.05) is 12.3 Å². The van der Waals surface area contributed by atoms with Crippen LogP contribution < -0.4 is 5.73 Å². The van der Waals surface area contributed by atoms with E-state index in [2.05, 4.69) is 20.9 Å². The zero-order valence-corrected chi connectivity index (χ0v) is 11.1. The van der Waals surface area contributed by atoms with Gasteiger partial charge in [-0.15, -0.1) is 6.42 Å². The second-order valence-corrected chi connectivity index (χ2v) is 4.84. The van der Waals surface area contributed by atoms with E-state index < -0.39 is 36.7 Å². The molecule has 9 nitrogen and oxygen atoms in total. The zero-order chi connectivity index (χ0) is 16.1. The molecular weight excluding hydrogens is 297 g/mol. The van der Waals surface area contributed by atoms with Crippen LogP contribution in [0.5, 0.6) is 0 Å². The molecule has 22 heavy (non-hydrogen) atoms. The quantitative estimate of drug-likeness (QED) is 0.375. The number of hydrogen-bond acceptors (Lipinski definition) is 8. The van der Waals surface area contributed by atoms with Gasteiger partial charge in [-0.05, 0) is 0 Å². The number of nitrogens with two attached hydrogens (primary N) is 1. The Hall–Kier alpha value is -2.32. The summed E-state index contributed by atoms with van der Waals surface area (Å²) in [5, 5.41) is 29.5. The van der Waals surface area contributed by atoms with E-state index in [1.54, 1.807) is 0 Å². The first-order valence-corrected chi connectivity index (χ1v) is 6.21. The topological polar surface area (TPSA) is 140 Å². The lowest BCUT2D eigenvalue weighted by atomic mass is 9.97. The highest BCUT2D eigenvalue weighted by Gasteiger charge is 2.54. The van der Waals surface area contributed by atoms with Crippen LogP contribution in [-0.2, 0) is 4.74 Å². The highest BCUT2D eigenvalue weighted by atomic mass is 19.1. The van der Waals surface area contributed by atoms with Crippen LogP contribution in [0.1, 0.15) is 6.23 Å². The average molecular weight is 309 g/mol. The van der Waals surface area contributed by atoms with Crippen molar-refractivity contribution in [2.24, 2.45) is 0 Å². The molecule has 0 spiro atoms. The largest absolute Gasteiger partial charge is 0.392 e. The van der Waals surface area contributed by atoms with E-state index in [9.17, 15) is 19.7 Å². The maximum absolute atomic E-state index is 13.3. The molecule has 0 saturated carbocycles. The summed E-state index contributed by atoms with van der Waals surface area (Å²) in [7, 11) is 0. The fourth-order valence-corrected chi connectivity index (χ4v) is 2.40. The van der Waals surface area contributed by atoms with Crippen molar-refractivity contribution in [1.82, 2.24) is 19.5 Å². The number of aliphatic hydroxyl groups is 3. The zero-order valence-electron chi connectivity index (χ0n) is 11.1. The Kier molecular flexibility index (Phi) is 3.22. The fourth-order valence-electron chi connectivity index (χ4n) is 2.40. The molecule has 10 heteroatoms. The van der Waals surface area contributed by atoms with Gasteiger partial charge in [0.25, 0.3) is 0 Å². The molecule has 3 heterocycles. The summed E-state index contributed by atoms with van der Waals surface area (Å²) in [4.78, 5) is 10.8. The van der Waals surface area contributed by atoms with E-state index in [0.717, 1.165) is 0 Å². The SMILES string of the molecule is C#C[C@]1(CO)O[C@@H](n2cnc3c(N)nc(F)nc32)[C@H](O)[C@@H]1O. The molecule has 0 unspecified atom stereocenters. The summed E-state index contributed by atoms with van der Waals surface area (Å²) < 4.78 is 19.9. The van der Waals surface area contributed by atoms with Gasteiger partial charge in [-0.2, -0.15) is 14.4 Å². The van der Waals surface area contributed by atoms with Crippen LogP contribution in [0.15, 0.2) is 6.33 Å². The summed E-state index contributed by atoms with van der Waals surface area (Å²) in [6.07, 6.45) is 1.13. The minimum Gasteiger partial charge on any atom is -0.392 e. The van der Waals surface area contributed by atoms with Crippen molar-refractivity contribution in [3.8, 4) is 12.3 Å². The van der Waals surface area contributed by atoms with Crippen LogP contribution in [0.4, 0.5) is 10.2 Å². The number of anilines is 1. The van der Waals surface area contributed by atoms with Crippen LogP contribution in [0, 0.1) is 18.4 Å². The Morgan fingerprint density at radius 1 is 1.50 bits per heavy atom. The van der Waals surface area contributed by atoms with Gasteiger partial charge in [0.15, 0.2) is 28.8 Å². The standard InChI is InChI=1S/C12H12FN5O4/c1-2-12(3-19)7(21)6(20)10(22-12)18-4-15-5-8(14)16-11(13)17-9(5)18/h1,4,6-7,10,19-21H,3H2,(H2,14,16,17)/t6-,7+,10-,12-/m1/s1. The predicted octanol–water partition coefficient (Wildman–Crippen LogP) is -1.84. The Morgan fingerprint density at radius 2 is 2.23 bits per heavy atom. The predicted molar refractivity (Wildman–Crippen MR) is 70.5 cm³/mol. The molecule has 4 atom stereocenters. The molecule has 1 fully saturated rings. The minimum absolute atomic E-state index is 0.0352. The first kappa shape index (κ1) is 14.6. The number of aromatic nitrogens is 4. The number of imidazole rings is 1. The maximum Gasteiger partial charge on any atom is 0.312 e.